The van der Waals surface area contributed by atoms with E-state index >= 15 is 0 Å². The molecule has 0 aromatic carbocycles. The van der Waals surface area contributed by atoms with Gasteiger partial charge in [-0.15, -0.1) is 0 Å². The Labute approximate surface area is 78.7 Å². The van der Waals surface area contributed by atoms with Crippen LogP contribution < -0.4 is 0 Å². The minimum absolute atomic E-state index is 0.0237. The summed E-state index contributed by atoms with van der Waals surface area (Å²) in [6, 6.07) is 0. The largest absolute Gasteiger partial charge is 0.392 e. The summed E-state index contributed by atoms with van der Waals surface area (Å²) in [6.07, 6.45) is 2.81. The number of aliphatic hydroxyl groups excluding tert-OH is 1. The summed E-state index contributed by atoms with van der Waals surface area (Å²) in [6.45, 7) is 4.28. The van der Waals surface area contributed by atoms with Crippen LogP contribution in [0.3, 0.4) is 0 Å². The van der Waals surface area contributed by atoms with E-state index in [9.17, 15) is 9.90 Å². The van der Waals surface area contributed by atoms with Crippen molar-refractivity contribution in [1.29, 1.82) is 0 Å². The third kappa shape index (κ3) is 1.76. The monoisotopic (exact) mass is 183 g/mol. The highest BCUT2D eigenvalue weighted by Crippen LogP contribution is 2.47. The van der Waals surface area contributed by atoms with Gasteiger partial charge >= 0.3 is 0 Å². The molecule has 74 valence electrons. The lowest BCUT2D eigenvalue weighted by molar-refractivity contribution is -0.122. The molecule has 2 fully saturated rings. The third-order valence-electron chi connectivity index (χ3n) is 3.37. The second kappa shape index (κ2) is 3.07. The molecule has 0 aromatic rings. The first-order chi connectivity index (χ1) is 6.12. The normalized spacial score (nSPS) is 32.0. The fraction of sp³-hybridized carbons (Fsp3) is 0.900. The van der Waals surface area contributed by atoms with Gasteiger partial charge in [-0.3, -0.25) is 9.69 Å². The number of nitrogens with zero attached hydrogens (tertiary/aromatic N) is 1. The number of carbonyl (C=O) groups excluding carboxylic acids is 1. The van der Waals surface area contributed by atoms with Gasteiger partial charge in [-0.1, -0.05) is 0 Å². The lowest BCUT2D eigenvalue weighted by atomic mass is 10.0. The summed E-state index contributed by atoms with van der Waals surface area (Å²) in [7, 11) is 0. The van der Waals surface area contributed by atoms with Gasteiger partial charge in [0.25, 0.3) is 0 Å². The highest BCUT2D eigenvalue weighted by Gasteiger charge is 2.48. The van der Waals surface area contributed by atoms with Crippen molar-refractivity contribution in [3.05, 3.63) is 0 Å². The molecular formula is C10H17NO2. The quantitative estimate of drug-likeness (QED) is 0.689. The molecule has 0 aromatic heterocycles. The predicted molar refractivity (Wildman–Crippen MR) is 49.4 cm³/mol. The molecule has 1 saturated heterocycles. The Balaban J connectivity index is 1.88. The Morgan fingerprint density at radius 3 is 2.69 bits per heavy atom. The van der Waals surface area contributed by atoms with Gasteiger partial charge in [-0.25, -0.2) is 0 Å². The first-order valence-corrected chi connectivity index (χ1v) is 5.04. The molecular weight excluding hydrogens is 166 g/mol. The van der Waals surface area contributed by atoms with Crippen molar-refractivity contribution in [1.82, 2.24) is 4.90 Å². The van der Waals surface area contributed by atoms with E-state index in [4.69, 9.17) is 0 Å². The summed E-state index contributed by atoms with van der Waals surface area (Å²) >= 11 is 0. The van der Waals surface area contributed by atoms with Gasteiger partial charge in [0.15, 0.2) is 0 Å². The van der Waals surface area contributed by atoms with Crippen molar-refractivity contribution in [2.45, 2.75) is 32.3 Å². The zero-order chi connectivity index (χ0) is 9.47. The van der Waals surface area contributed by atoms with Crippen LogP contribution in [-0.4, -0.2) is 41.5 Å². The molecule has 1 heterocycles. The number of aliphatic hydroxyl groups is 1. The van der Waals surface area contributed by atoms with Crippen LogP contribution in [0.1, 0.15) is 26.2 Å². The van der Waals surface area contributed by atoms with Gasteiger partial charge in [0.2, 0.25) is 0 Å². The Hall–Kier alpha value is -0.410. The molecule has 1 aliphatic heterocycles. The van der Waals surface area contributed by atoms with Gasteiger partial charge in [-0.05, 0) is 26.2 Å². The highest BCUT2D eigenvalue weighted by molar-refractivity contribution is 5.85. The lowest BCUT2D eigenvalue weighted by Gasteiger charge is -2.20. The zero-order valence-corrected chi connectivity index (χ0v) is 8.12. The molecule has 2 rings (SSSR count). The SMILES string of the molecule is CC(=O)C1(CN2CCC(O)C2)CC1. The zero-order valence-electron chi connectivity index (χ0n) is 8.12. The number of ketones is 1. The number of hydrogen-bond acceptors (Lipinski definition) is 3. The van der Waals surface area contributed by atoms with Crippen LogP contribution in [0.4, 0.5) is 0 Å². The Kier molecular flexibility index (Phi) is 2.16. The van der Waals surface area contributed by atoms with Crippen molar-refractivity contribution in [3.8, 4) is 0 Å². The number of hydrogen-bond donors (Lipinski definition) is 1. The van der Waals surface area contributed by atoms with Gasteiger partial charge in [0.1, 0.15) is 5.78 Å². The second-order valence-corrected chi connectivity index (χ2v) is 4.51. The molecule has 0 amide bonds. The summed E-state index contributed by atoms with van der Waals surface area (Å²) in [5.41, 5.74) is -0.0237. The maximum absolute atomic E-state index is 11.3. The Morgan fingerprint density at radius 2 is 2.31 bits per heavy atom. The minimum atomic E-state index is -0.164. The highest BCUT2D eigenvalue weighted by atomic mass is 16.3. The number of β-amino-alcohol motifs (C(OH)–C–C–N with tert-alkyl or cyclic N) is 1. The Morgan fingerprint density at radius 1 is 1.62 bits per heavy atom. The third-order valence-corrected chi connectivity index (χ3v) is 3.37. The molecule has 0 spiro atoms. The molecule has 1 N–H and O–H groups in total. The van der Waals surface area contributed by atoms with E-state index in [2.05, 4.69) is 4.90 Å². The van der Waals surface area contributed by atoms with E-state index in [1.54, 1.807) is 6.92 Å². The van der Waals surface area contributed by atoms with E-state index in [0.29, 0.717) is 5.78 Å². The van der Waals surface area contributed by atoms with Crippen LogP contribution in [0.25, 0.3) is 0 Å². The van der Waals surface area contributed by atoms with Gasteiger partial charge in [-0.2, -0.15) is 0 Å². The van der Waals surface area contributed by atoms with E-state index in [-0.39, 0.29) is 11.5 Å². The second-order valence-electron chi connectivity index (χ2n) is 4.51. The number of Topliss-reactive ketones (excluding diaryl/α,β-unsaturated/α-hetero) is 1. The van der Waals surface area contributed by atoms with Crippen molar-refractivity contribution < 1.29 is 9.90 Å². The predicted octanol–water partition coefficient (Wildman–Crippen LogP) is 0.422. The van der Waals surface area contributed by atoms with Crippen LogP contribution >= 0.6 is 0 Å². The van der Waals surface area contributed by atoms with Gasteiger partial charge < -0.3 is 5.11 Å². The standard InChI is InChI=1S/C10H17NO2/c1-8(12)10(3-4-10)7-11-5-2-9(13)6-11/h9,13H,2-7H2,1H3. The van der Waals surface area contributed by atoms with Crippen LogP contribution in [0.15, 0.2) is 0 Å². The Bertz CT molecular complexity index is 223. The molecule has 2 aliphatic rings. The fourth-order valence-electron chi connectivity index (χ4n) is 2.16. The fourth-order valence-corrected chi connectivity index (χ4v) is 2.16. The van der Waals surface area contributed by atoms with Crippen LogP contribution in [0.5, 0.6) is 0 Å². The molecule has 0 radical (unpaired) electrons. The van der Waals surface area contributed by atoms with Crippen LogP contribution in [-0.2, 0) is 4.79 Å². The van der Waals surface area contributed by atoms with Crippen molar-refractivity contribution in [2.75, 3.05) is 19.6 Å². The molecule has 3 heteroatoms. The van der Waals surface area contributed by atoms with Crippen molar-refractivity contribution >= 4 is 5.78 Å². The first-order valence-electron chi connectivity index (χ1n) is 5.04. The summed E-state index contributed by atoms with van der Waals surface area (Å²) in [5, 5.41) is 9.33. The average molecular weight is 183 g/mol. The van der Waals surface area contributed by atoms with Crippen LogP contribution in [0, 0.1) is 5.41 Å². The summed E-state index contributed by atoms with van der Waals surface area (Å²) < 4.78 is 0. The molecule has 3 nitrogen and oxygen atoms in total. The van der Waals surface area contributed by atoms with E-state index < -0.39 is 0 Å². The maximum Gasteiger partial charge on any atom is 0.137 e. The van der Waals surface area contributed by atoms with E-state index in [1.165, 1.54) is 0 Å². The number of carbonyl (C=O) groups is 1. The minimum Gasteiger partial charge on any atom is -0.392 e. The number of likely N-dealkylation sites (tertiary alicyclic amines) is 1. The topological polar surface area (TPSA) is 40.5 Å². The van der Waals surface area contributed by atoms with E-state index in [1.807, 2.05) is 0 Å². The van der Waals surface area contributed by atoms with Crippen molar-refractivity contribution in [2.24, 2.45) is 5.41 Å². The molecule has 13 heavy (non-hydrogen) atoms. The lowest BCUT2D eigenvalue weighted by Crippen LogP contribution is -2.32. The molecule has 1 unspecified atom stereocenters. The molecule has 0 bridgehead atoms. The molecule has 1 atom stereocenters. The molecule has 1 aliphatic carbocycles. The average Bonchev–Trinajstić information content (AvgIpc) is 2.72. The summed E-state index contributed by atoms with van der Waals surface area (Å²) in [4.78, 5) is 13.5. The first kappa shape index (κ1) is 9.16. The van der Waals surface area contributed by atoms with E-state index in [0.717, 1.165) is 38.9 Å². The maximum atomic E-state index is 11.3. The van der Waals surface area contributed by atoms with Crippen molar-refractivity contribution in [3.63, 3.8) is 0 Å². The van der Waals surface area contributed by atoms with Gasteiger partial charge in [0, 0.05) is 25.0 Å². The smallest absolute Gasteiger partial charge is 0.137 e. The number of rotatable bonds is 3. The molecule has 1 saturated carbocycles. The summed E-state index contributed by atoms with van der Waals surface area (Å²) in [5.74, 6) is 0.328. The van der Waals surface area contributed by atoms with Crippen LogP contribution in [0.2, 0.25) is 0 Å². The van der Waals surface area contributed by atoms with Gasteiger partial charge in [0.05, 0.1) is 6.10 Å².